The Labute approximate surface area is 75.3 Å². The molecule has 0 saturated heterocycles. The van der Waals surface area contributed by atoms with Crippen LogP contribution in [-0.2, 0) is 4.79 Å². The Bertz CT molecular complexity index is 213. The highest BCUT2D eigenvalue weighted by molar-refractivity contribution is 5.81. The van der Waals surface area contributed by atoms with Gasteiger partial charge in [0.15, 0.2) is 0 Å². The van der Waals surface area contributed by atoms with Gasteiger partial charge < -0.3 is 0 Å². The molecular formula is C9H13F3O. The van der Waals surface area contributed by atoms with Crippen molar-refractivity contribution in [1.82, 2.24) is 0 Å². The van der Waals surface area contributed by atoms with Crippen molar-refractivity contribution >= 4 is 5.78 Å². The van der Waals surface area contributed by atoms with Crippen LogP contribution in [-0.4, -0.2) is 12.0 Å². The number of halogens is 3. The van der Waals surface area contributed by atoms with Crippen LogP contribution in [0.25, 0.3) is 0 Å². The van der Waals surface area contributed by atoms with Gasteiger partial charge in [-0.05, 0) is 12.8 Å². The molecule has 1 saturated carbocycles. The van der Waals surface area contributed by atoms with Gasteiger partial charge in [0.25, 0.3) is 0 Å². The Hall–Kier alpha value is -0.540. The van der Waals surface area contributed by atoms with Crippen molar-refractivity contribution in [3.63, 3.8) is 0 Å². The van der Waals surface area contributed by atoms with Crippen molar-refractivity contribution in [1.29, 1.82) is 0 Å². The second kappa shape index (κ2) is 3.00. The molecule has 0 bridgehead atoms. The van der Waals surface area contributed by atoms with E-state index in [4.69, 9.17) is 0 Å². The minimum atomic E-state index is -4.20. The van der Waals surface area contributed by atoms with Crippen LogP contribution in [0, 0.1) is 11.3 Å². The number of rotatable bonds is 3. The second-order valence-electron chi connectivity index (χ2n) is 4.08. The van der Waals surface area contributed by atoms with Crippen LogP contribution in [0.1, 0.15) is 33.1 Å². The summed E-state index contributed by atoms with van der Waals surface area (Å²) >= 11 is 0. The lowest BCUT2D eigenvalue weighted by Gasteiger charge is -2.18. The molecule has 0 aromatic heterocycles. The zero-order valence-corrected chi connectivity index (χ0v) is 7.74. The fourth-order valence-corrected chi connectivity index (χ4v) is 1.25. The Morgan fingerprint density at radius 1 is 1.38 bits per heavy atom. The predicted octanol–water partition coefficient (Wildman–Crippen LogP) is 2.94. The monoisotopic (exact) mass is 194 g/mol. The van der Waals surface area contributed by atoms with Crippen molar-refractivity contribution < 1.29 is 18.0 Å². The van der Waals surface area contributed by atoms with Gasteiger partial charge >= 0.3 is 6.18 Å². The minimum absolute atomic E-state index is 0.120. The van der Waals surface area contributed by atoms with Gasteiger partial charge in [-0.2, -0.15) is 13.2 Å². The highest BCUT2D eigenvalue weighted by atomic mass is 19.4. The lowest BCUT2D eigenvalue weighted by molar-refractivity contribution is -0.190. The molecule has 1 nitrogen and oxygen atoms in total. The number of ketones is 1. The van der Waals surface area contributed by atoms with Crippen LogP contribution in [0.15, 0.2) is 0 Å². The Morgan fingerprint density at radius 3 is 2.08 bits per heavy atom. The number of Topliss-reactive ketones (excluding diaryl/α,β-unsaturated/α-hetero) is 1. The maximum Gasteiger partial charge on any atom is 0.394 e. The molecule has 0 aliphatic heterocycles. The van der Waals surface area contributed by atoms with Crippen LogP contribution in [0.3, 0.4) is 0 Å². The van der Waals surface area contributed by atoms with Crippen molar-refractivity contribution in [2.45, 2.75) is 39.3 Å². The minimum Gasteiger partial charge on any atom is -0.299 e. The van der Waals surface area contributed by atoms with Crippen LogP contribution >= 0.6 is 0 Å². The molecule has 4 heteroatoms. The summed E-state index contributed by atoms with van der Waals surface area (Å²) in [5.41, 5.74) is -1.66. The lowest BCUT2D eigenvalue weighted by atomic mass is 9.93. The van der Waals surface area contributed by atoms with Gasteiger partial charge in [-0.15, -0.1) is 0 Å². The molecular weight excluding hydrogens is 181 g/mol. The quantitative estimate of drug-likeness (QED) is 0.675. The molecule has 0 unspecified atom stereocenters. The van der Waals surface area contributed by atoms with Crippen LogP contribution < -0.4 is 0 Å². The molecule has 76 valence electrons. The highest BCUT2D eigenvalue weighted by Gasteiger charge is 2.63. The third-order valence-electron chi connectivity index (χ3n) is 2.61. The van der Waals surface area contributed by atoms with E-state index in [1.165, 1.54) is 0 Å². The summed E-state index contributed by atoms with van der Waals surface area (Å²) in [5.74, 6) is -0.574. The van der Waals surface area contributed by atoms with Gasteiger partial charge in [0, 0.05) is 12.3 Å². The first-order chi connectivity index (χ1) is 5.78. The molecule has 1 rings (SSSR count). The summed E-state index contributed by atoms with van der Waals surface area (Å²) in [7, 11) is 0. The molecule has 0 spiro atoms. The fraction of sp³-hybridized carbons (Fsp3) is 0.889. The van der Waals surface area contributed by atoms with Crippen molar-refractivity contribution in [2.75, 3.05) is 0 Å². The zero-order valence-electron chi connectivity index (χ0n) is 7.74. The molecule has 0 aromatic carbocycles. The molecule has 1 aliphatic rings. The largest absolute Gasteiger partial charge is 0.394 e. The first-order valence-corrected chi connectivity index (χ1v) is 4.38. The zero-order chi connectivity index (χ0) is 10.3. The van der Waals surface area contributed by atoms with E-state index in [0.717, 1.165) is 0 Å². The molecule has 0 N–H and O–H groups in total. The van der Waals surface area contributed by atoms with Crippen molar-refractivity contribution in [2.24, 2.45) is 11.3 Å². The van der Waals surface area contributed by atoms with E-state index < -0.39 is 11.6 Å². The summed E-state index contributed by atoms with van der Waals surface area (Å²) in [6, 6.07) is 0. The summed E-state index contributed by atoms with van der Waals surface area (Å²) in [6.07, 6.45) is -4.28. The molecule has 1 fully saturated rings. The molecule has 13 heavy (non-hydrogen) atoms. The topological polar surface area (TPSA) is 17.1 Å². The van der Waals surface area contributed by atoms with E-state index in [0.29, 0.717) is 0 Å². The van der Waals surface area contributed by atoms with Crippen molar-refractivity contribution in [3.8, 4) is 0 Å². The molecule has 1 aliphatic carbocycles. The maximum atomic E-state index is 12.4. The summed E-state index contributed by atoms with van der Waals surface area (Å²) in [4.78, 5) is 11.1. The van der Waals surface area contributed by atoms with E-state index in [9.17, 15) is 18.0 Å². The highest BCUT2D eigenvalue weighted by Crippen LogP contribution is 2.60. The second-order valence-corrected chi connectivity index (χ2v) is 4.08. The lowest BCUT2D eigenvalue weighted by Crippen LogP contribution is -2.28. The van der Waals surface area contributed by atoms with Gasteiger partial charge in [0.2, 0.25) is 0 Å². The molecule has 0 aromatic rings. The van der Waals surface area contributed by atoms with Crippen molar-refractivity contribution in [3.05, 3.63) is 0 Å². The smallest absolute Gasteiger partial charge is 0.299 e. The van der Waals surface area contributed by atoms with Crippen LogP contribution in [0.5, 0.6) is 0 Å². The Morgan fingerprint density at radius 2 is 1.85 bits per heavy atom. The number of hydrogen-bond donors (Lipinski definition) is 0. The van der Waals surface area contributed by atoms with E-state index in [2.05, 4.69) is 0 Å². The average Bonchev–Trinajstić information content (AvgIpc) is 2.66. The van der Waals surface area contributed by atoms with Gasteiger partial charge in [-0.25, -0.2) is 0 Å². The van der Waals surface area contributed by atoms with E-state index in [1.54, 1.807) is 13.8 Å². The first-order valence-electron chi connectivity index (χ1n) is 4.38. The van der Waals surface area contributed by atoms with E-state index >= 15 is 0 Å². The molecule has 0 radical (unpaired) electrons. The number of hydrogen-bond acceptors (Lipinski definition) is 1. The summed E-state index contributed by atoms with van der Waals surface area (Å²) < 4.78 is 37.1. The van der Waals surface area contributed by atoms with Crippen LogP contribution in [0.2, 0.25) is 0 Å². The number of alkyl halides is 3. The van der Waals surface area contributed by atoms with E-state index in [1.807, 2.05) is 0 Å². The normalized spacial score (nSPS) is 20.5. The van der Waals surface area contributed by atoms with Gasteiger partial charge in [-0.1, -0.05) is 13.8 Å². The third kappa shape index (κ3) is 2.03. The van der Waals surface area contributed by atoms with E-state index in [-0.39, 0.29) is 31.0 Å². The van der Waals surface area contributed by atoms with Crippen LogP contribution in [0.4, 0.5) is 13.2 Å². The van der Waals surface area contributed by atoms with Gasteiger partial charge in [0.05, 0.1) is 5.41 Å². The van der Waals surface area contributed by atoms with Gasteiger partial charge in [-0.3, -0.25) is 4.79 Å². The average molecular weight is 194 g/mol. The Balaban J connectivity index is 2.59. The molecule has 0 heterocycles. The summed E-state index contributed by atoms with van der Waals surface area (Å²) in [5, 5.41) is 0. The molecule has 0 amide bonds. The SMILES string of the molecule is CC(C)C(=O)CC1(C(F)(F)F)CC1. The number of carbonyl (C=O) groups excluding carboxylic acids is 1. The summed E-state index contributed by atoms with van der Waals surface area (Å²) in [6.45, 7) is 3.27. The maximum absolute atomic E-state index is 12.4. The standard InChI is InChI=1S/C9H13F3O/c1-6(2)7(13)5-8(3-4-8)9(10,11)12/h6H,3-5H2,1-2H3. The predicted molar refractivity (Wildman–Crippen MR) is 42.2 cm³/mol. The first kappa shape index (κ1) is 10.5. The Kier molecular flexibility index (Phi) is 2.43. The fourth-order valence-electron chi connectivity index (χ4n) is 1.25. The number of carbonyl (C=O) groups is 1. The molecule has 0 atom stereocenters. The third-order valence-corrected chi connectivity index (χ3v) is 2.61. The van der Waals surface area contributed by atoms with Gasteiger partial charge in [0.1, 0.15) is 5.78 Å².